The Balaban J connectivity index is 1.72. The van der Waals surface area contributed by atoms with Crippen molar-refractivity contribution >= 4 is 22.5 Å². The molecule has 1 fully saturated rings. The van der Waals surface area contributed by atoms with E-state index >= 15 is 0 Å². The molecule has 2 heterocycles. The number of hydrogen-bond donors (Lipinski definition) is 3. The molecule has 4 rings (SSSR count). The van der Waals surface area contributed by atoms with E-state index in [1.54, 1.807) is 0 Å². The highest BCUT2D eigenvalue weighted by Crippen LogP contribution is 2.31. The van der Waals surface area contributed by atoms with Crippen LogP contribution < -0.4 is 11.1 Å². The van der Waals surface area contributed by atoms with Crippen LogP contribution in [0.5, 0.6) is 0 Å². The number of aromatic amines is 1. The Morgan fingerprint density at radius 2 is 1.93 bits per heavy atom. The summed E-state index contributed by atoms with van der Waals surface area (Å²) in [5.41, 5.74) is 14.9. The average molecular weight is 391 g/mol. The lowest BCUT2D eigenvalue weighted by atomic mass is 10.0. The summed E-state index contributed by atoms with van der Waals surface area (Å²) in [5.74, 6) is 0.0632. The van der Waals surface area contributed by atoms with Crippen LogP contribution in [0.3, 0.4) is 0 Å². The largest absolute Gasteiger partial charge is 0.379 e. The van der Waals surface area contributed by atoms with Gasteiger partial charge in [0.1, 0.15) is 0 Å². The summed E-state index contributed by atoms with van der Waals surface area (Å²) in [6.07, 6.45) is 0.869. The minimum Gasteiger partial charge on any atom is -0.379 e. The third kappa shape index (κ3) is 3.62. The van der Waals surface area contributed by atoms with Gasteiger partial charge in [-0.3, -0.25) is 4.79 Å². The van der Waals surface area contributed by atoms with Gasteiger partial charge in [0.05, 0.1) is 11.2 Å². The number of nitrogens with two attached hydrogens (primary N) is 1. The Bertz CT molecular complexity index is 1060. The van der Waals surface area contributed by atoms with Crippen molar-refractivity contribution in [3.63, 3.8) is 0 Å². The summed E-state index contributed by atoms with van der Waals surface area (Å²) in [6, 6.07) is 10.4. The van der Waals surface area contributed by atoms with Gasteiger partial charge < -0.3 is 20.9 Å². The van der Waals surface area contributed by atoms with E-state index in [0.29, 0.717) is 6.54 Å². The number of amides is 1. The zero-order valence-corrected chi connectivity index (χ0v) is 17.7. The van der Waals surface area contributed by atoms with Gasteiger partial charge in [-0.1, -0.05) is 18.2 Å². The SMILES string of the molecule is Cc1cccc(C)c1CNc1cc(C(=O)N2CCC(N)C2)cc2c(C)c(C)[nH]c12. The number of carbonyl (C=O) groups is 1. The molecular weight excluding hydrogens is 360 g/mol. The van der Waals surface area contributed by atoms with E-state index < -0.39 is 0 Å². The van der Waals surface area contributed by atoms with E-state index in [-0.39, 0.29) is 11.9 Å². The van der Waals surface area contributed by atoms with Gasteiger partial charge in [-0.15, -0.1) is 0 Å². The molecular formula is C24H30N4O. The maximum atomic E-state index is 13.1. The molecule has 1 unspecified atom stereocenters. The Hall–Kier alpha value is -2.79. The van der Waals surface area contributed by atoms with Gasteiger partial charge >= 0.3 is 0 Å². The molecule has 0 spiro atoms. The number of aromatic nitrogens is 1. The molecule has 0 saturated carbocycles. The molecule has 1 atom stereocenters. The fourth-order valence-electron chi connectivity index (χ4n) is 4.28. The summed E-state index contributed by atoms with van der Waals surface area (Å²) in [4.78, 5) is 18.5. The highest BCUT2D eigenvalue weighted by atomic mass is 16.2. The first kappa shape index (κ1) is 19.5. The first-order valence-electron chi connectivity index (χ1n) is 10.3. The van der Waals surface area contributed by atoms with Crippen LogP contribution in [0.4, 0.5) is 5.69 Å². The Morgan fingerprint density at radius 3 is 2.59 bits per heavy atom. The van der Waals surface area contributed by atoms with E-state index in [4.69, 9.17) is 5.73 Å². The number of hydrogen-bond acceptors (Lipinski definition) is 3. The first-order chi connectivity index (χ1) is 13.8. The summed E-state index contributed by atoms with van der Waals surface area (Å²) in [5, 5.41) is 4.69. The van der Waals surface area contributed by atoms with Crippen molar-refractivity contribution in [2.45, 2.75) is 46.7 Å². The van der Waals surface area contributed by atoms with Crippen molar-refractivity contribution in [3.05, 3.63) is 63.8 Å². The Labute approximate surface area is 172 Å². The molecule has 3 aromatic rings. The van der Waals surface area contributed by atoms with Gasteiger partial charge in [0, 0.05) is 42.3 Å². The number of aryl methyl sites for hydroxylation is 4. The molecule has 1 aromatic heterocycles. The van der Waals surface area contributed by atoms with Crippen molar-refractivity contribution in [2.24, 2.45) is 5.73 Å². The van der Waals surface area contributed by atoms with Crippen LogP contribution in [-0.2, 0) is 6.54 Å². The molecule has 1 aliphatic heterocycles. The molecule has 5 heteroatoms. The molecule has 1 amide bonds. The maximum absolute atomic E-state index is 13.1. The van der Waals surface area contributed by atoms with Crippen LogP contribution in [0.1, 0.15) is 44.7 Å². The average Bonchev–Trinajstić information content (AvgIpc) is 3.24. The molecule has 152 valence electrons. The molecule has 0 aliphatic carbocycles. The van der Waals surface area contributed by atoms with Gasteiger partial charge in [-0.25, -0.2) is 0 Å². The van der Waals surface area contributed by atoms with Crippen LogP contribution in [0, 0.1) is 27.7 Å². The fourth-order valence-corrected chi connectivity index (χ4v) is 4.28. The van der Waals surface area contributed by atoms with E-state index in [1.807, 2.05) is 17.0 Å². The second-order valence-electron chi connectivity index (χ2n) is 8.35. The second kappa shape index (κ2) is 7.56. The second-order valence-corrected chi connectivity index (χ2v) is 8.35. The molecule has 0 bridgehead atoms. The molecule has 1 aliphatic rings. The van der Waals surface area contributed by atoms with Gasteiger partial charge in [0.2, 0.25) is 0 Å². The predicted molar refractivity (Wildman–Crippen MR) is 120 cm³/mol. The molecule has 2 aromatic carbocycles. The number of anilines is 1. The van der Waals surface area contributed by atoms with Crippen molar-refractivity contribution in [1.82, 2.24) is 9.88 Å². The summed E-state index contributed by atoms with van der Waals surface area (Å²) >= 11 is 0. The smallest absolute Gasteiger partial charge is 0.254 e. The number of benzene rings is 2. The number of nitrogens with zero attached hydrogens (tertiary/aromatic N) is 1. The highest BCUT2D eigenvalue weighted by Gasteiger charge is 2.25. The molecule has 29 heavy (non-hydrogen) atoms. The lowest BCUT2D eigenvalue weighted by molar-refractivity contribution is 0.0791. The van der Waals surface area contributed by atoms with Crippen LogP contribution >= 0.6 is 0 Å². The van der Waals surface area contributed by atoms with Gasteiger partial charge in [-0.05, 0) is 68.5 Å². The van der Waals surface area contributed by atoms with Crippen LogP contribution in [-0.4, -0.2) is 34.9 Å². The molecule has 4 N–H and O–H groups in total. The van der Waals surface area contributed by atoms with Crippen molar-refractivity contribution in [2.75, 3.05) is 18.4 Å². The summed E-state index contributed by atoms with van der Waals surface area (Å²) in [6.45, 7) is 10.5. The number of carbonyl (C=O) groups excluding carboxylic acids is 1. The number of fused-ring (bicyclic) bond motifs is 1. The fraction of sp³-hybridized carbons (Fsp3) is 0.375. The van der Waals surface area contributed by atoms with Crippen molar-refractivity contribution < 1.29 is 4.79 Å². The van der Waals surface area contributed by atoms with E-state index in [1.165, 1.54) is 22.3 Å². The zero-order valence-electron chi connectivity index (χ0n) is 17.7. The van der Waals surface area contributed by atoms with Crippen molar-refractivity contribution in [3.8, 4) is 0 Å². The quantitative estimate of drug-likeness (QED) is 0.625. The van der Waals surface area contributed by atoms with Gasteiger partial charge in [0.25, 0.3) is 5.91 Å². The number of nitrogens with one attached hydrogen (secondary N) is 2. The van der Waals surface area contributed by atoms with Crippen LogP contribution in [0.25, 0.3) is 10.9 Å². The Morgan fingerprint density at radius 1 is 1.21 bits per heavy atom. The van der Waals surface area contributed by atoms with Gasteiger partial charge in [0.15, 0.2) is 0 Å². The van der Waals surface area contributed by atoms with E-state index in [9.17, 15) is 4.79 Å². The van der Waals surface area contributed by atoms with Gasteiger partial charge in [-0.2, -0.15) is 0 Å². The van der Waals surface area contributed by atoms with Crippen LogP contribution in [0.15, 0.2) is 30.3 Å². The number of H-pyrrole nitrogens is 1. The minimum atomic E-state index is 0.0632. The summed E-state index contributed by atoms with van der Waals surface area (Å²) in [7, 11) is 0. The monoisotopic (exact) mass is 390 g/mol. The zero-order chi connectivity index (χ0) is 20.7. The Kier molecular flexibility index (Phi) is 5.09. The van der Waals surface area contributed by atoms with Crippen LogP contribution in [0.2, 0.25) is 0 Å². The third-order valence-corrected chi connectivity index (χ3v) is 6.28. The highest BCUT2D eigenvalue weighted by molar-refractivity contribution is 6.03. The molecule has 5 nitrogen and oxygen atoms in total. The van der Waals surface area contributed by atoms with E-state index in [0.717, 1.165) is 47.4 Å². The summed E-state index contributed by atoms with van der Waals surface area (Å²) < 4.78 is 0. The van der Waals surface area contributed by atoms with E-state index in [2.05, 4.69) is 56.2 Å². The maximum Gasteiger partial charge on any atom is 0.254 e. The first-order valence-corrected chi connectivity index (χ1v) is 10.3. The van der Waals surface area contributed by atoms with Crippen molar-refractivity contribution in [1.29, 1.82) is 0 Å². The normalized spacial score (nSPS) is 16.6. The number of likely N-dealkylation sites (tertiary alicyclic amines) is 1. The standard InChI is InChI=1S/C24H30N4O/c1-14-6-5-7-15(2)21(14)12-26-22-11-18(24(29)28-9-8-19(25)13-28)10-20-16(3)17(4)27-23(20)22/h5-7,10-11,19,26-27H,8-9,12-13,25H2,1-4H3. The lowest BCUT2D eigenvalue weighted by Gasteiger charge is -2.18. The third-order valence-electron chi connectivity index (χ3n) is 6.28. The minimum absolute atomic E-state index is 0.0632. The lowest BCUT2D eigenvalue weighted by Crippen LogP contribution is -2.31. The topological polar surface area (TPSA) is 74.2 Å². The molecule has 0 radical (unpaired) electrons. The molecule has 1 saturated heterocycles. The number of rotatable bonds is 4. The predicted octanol–water partition coefficient (Wildman–Crippen LogP) is 4.19.